The second-order valence-electron chi connectivity index (χ2n) is 12.0. The number of phenolic OH excluding ortho intramolecular Hbond substituents is 1. The van der Waals surface area contributed by atoms with E-state index >= 15 is 0 Å². The van der Waals surface area contributed by atoms with Gasteiger partial charge in [0.05, 0.1) is 6.04 Å². The summed E-state index contributed by atoms with van der Waals surface area (Å²) in [7, 11) is 0. The van der Waals surface area contributed by atoms with Crippen LogP contribution in [0.3, 0.4) is 0 Å². The van der Waals surface area contributed by atoms with E-state index in [0.717, 1.165) is 61.2 Å². The van der Waals surface area contributed by atoms with Crippen LogP contribution in [0.2, 0.25) is 0 Å². The van der Waals surface area contributed by atoms with Gasteiger partial charge in [-0.3, -0.25) is 9.69 Å². The molecule has 38 heavy (non-hydrogen) atoms. The number of aryl methyl sites for hydroxylation is 1. The monoisotopic (exact) mass is 510 g/mol. The minimum atomic E-state index is -0.188. The predicted molar refractivity (Wildman–Crippen MR) is 149 cm³/mol. The Bertz CT molecular complexity index is 1340. The maximum Gasteiger partial charge on any atom is 0.299 e. The Morgan fingerprint density at radius 3 is 2.92 bits per heavy atom. The third-order valence-corrected chi connectivity index (χ3v) is 9.34. The van der Waals surface area contributed by atoms with E-state index in [2.05, 4.69) is 37.2 Å². The highest BCUT2D eigenvalue weighted by Gasteiger charge is 2.66. The third kappa shape index (κ3) is 3.84. The van der Waals surface area contributed by atoms with Crippen LogP contribution >= 0.6 is 0 Å². The summed E-state index contributed by atoms with van der Waals surface area (Å²) < 4.78 is 6.84. The van der Waals surface area contributed by atoms with Gasteiger partial charge in [0.2, 0.25) is 0 Å². The second-order valence-corrected chi connectivity index (χ2v) is 12.0. The van der Waals surface area contributed by atoms with Crippen molar-refractivity contribution >= 4 is 5.91 Å². The average Bonchev–Trinajstić information content (AvgIpc) is 3.22. The summed E-state index contributed by atoms with van der Waals surface area (Å²) in [6.45, 7) is 12.8. The summed E-state index contributed by atoms with van der Waals surface area (Å²) in [5.74, 6) is 7.99. The standard InChI is InChI=1S/C33H38N2O3/c1-5-16-34-17-15-33-25-10-11-26(32(33)38-29-13-12-28(36)24(31(29)33)19-27(25)34)35(20-21(2)3)30(37)14-9-23-8-6-7-22(4)18-23/h5-8,12-13,18,21,25-27,32,36H,1,10-11,15-17,19-20H2,2-4H3/t25-,26+,27+,32-,33-/m0/s1. The summed E-state index contributed by atoms with van der Waals surface area (Å²) in [5, 5.41) is 11.0. The Hall–Kier alpha value is -3.23. The van der Waals surface area contributed by atoms with E-state index in [1.165, 1.54) is 5.56 Å². The predicted octanol–water partition coefficient (Wildman–Crippen LogP) is 4.83. The molecule has 2 heterocycles. The molecule has 1 saturated carbocycles. The molecule has 0 unspecified atom stereocenters. The average molecular weight is 511 g/mol. The fourth-order valence-electron chi connectivity index (χ4n) is 8.00. The van der Waals surface area contributed by atoms with Crippen LogP contribution in [0, 0.1) is 30.6 Å². The van der Waals surface area contributed by atoms with Crippen LogP contribution in [-0.2, 0) is 16.6 Å². The van der Waals surface area contributed by atoms with Gasteiger partial charge in [-0.2, -0.15) is 0 Å². The van der Waals surface area contributed by atoms with Gasteiger partial charge in [0.25, 0.3) is 5.91 Å². The summed E-state index contributed by atoms with van der Waals surface area (Å²) in [6.07, 6.45) is 5.60. The van der Waals surface area contributed by atoms with Crippen molar-refractivity contribution in [1.29, 1.82) is 0 Å². The molecule has 1 amide bonds. The number of likely N-dealkylation sites (tertiary alicyclic amines) is 1. The summed E-state index contributed by atoms with van der Waals surface area (Å²) in [4.78, 5) is 18.3. The molecule has 0 radical (unpaired) electrons. The molecular weight excluding hydrogens is 472 g/mol. The molecule has 2 aromatic rings. The van der Waals surface area contributed by atoms with Gasteiger partial charge in [-0.05, 0) is 80.8 Å². The zero-order valence-electron chi connectivity index (χ0n) is 22.7. The lowest BCUT2D eigenvalue weighted by molar-refractivity contribution is -0.137. The molecule has 5 nitrogen and oxygen atoms in total. The summed E-state index contributed by atoms with van der Waals surface area (Å²) in [5.41, 5.74) is 4.06. The fraction of sp³-hybridized carbons (Fsp3) is 0.485. The first-order valence-electron chi connectivity index (χ1n) is 14.1. The molecule has 6 rings (SSSR count). The van der Waals surface area contributed by atoms with Crippen LogP contribution in [0.1, 0.15) is 55.4 Å². The molecule has 198 valence electrons. The first-order chi connectivity index (χ1) is 18.3. The van der Waals surface area contributed by atoms with E-state index in [9.17, 15) is 9.90 Å². The van der Waals surface area contributed by atoms with Gasteiger partial charge in [0, 0.05) is 47.2 Å². The van der Waals surface area contributed by atoms with Crippen molar-refractivity contribution < 1.29 is 14.6 Å². The van der Waals surface area contributed by atoms with Crippen molar-refractivity contribution in [1.82, 2.24) is 9.80 Å². The van der Waals surface area contributed by atoms with E-state index in [4.69, 9.17) is 4.74 Å². The van der Waals surface area contributed by atoms with Gasteiger partial charge < -0.3 is 14.7 Å². The number of aromatic hydroxyl groups is 1. The molecule has 2 bridgehead atoms. The van der Waals surface area contributed by atoms with Gasteiger partial charge in [-0.15, -0.1) is 6.58 Å². The molecule has 1 spiro atoms. The minimum absolute atomic E-state index is 0.0555. The van der Waals surface area contributed by atoms with Crippen LogP contribution in [0.15, 0.2) is 49.1 Å². The van der Waals surface area contributed by atoms with E-state index in [1.807, 2.05) is 48.2 Å². The molecule has 5 heteroatoms. The molecule has 5 atom stereocenters. The quantitative estimate of drug-likeness (QED) is 0.463. The van der Waals surface area contributed by atoms with E-state index < -0.39 is 0 Å². The van der Waals surface area contributed by atoms with Crippen molar-refractivity contribution in [3.05, 3.63) is 71.3 Å². The third-order valence-electron chi connectivity index (χ3n) is 9.34. The van der Waals surface area contributed by atoms with Crippen LogP contribution in [-0.4, -0.2) is 58.6 Å². The highest BCUT2D eigenvalue weighted by atomic mass is 16.5. The van der Waals surface area contributed by atoms with Crippen LogP contribution in [0.25, 0.3) is 0 Å². The lowest BCUT2D eigenvalue weighted by Gasteiger charge is -2.60. The molecule has 2 aromatic carbocycles. The number of phenols is 1. The van der Waals surface area contributed by atoms with Crippen molar-refractivity contribution in [2.75, 3.05) is 19.6 Å². The lowest BCUT2D eigenvalue weighted by Crippen LogP contribution is -2.69. The van der Waals surface area contributed by atoms with Gasteiger partial charge in [0.1, 0.15) is 17.6 Å². The number of rotatable bonds is 5. The van der Waals surface area contributed by atoms with E-state index in [0.29, 0.717) is 30.2 Å². The van der Waals surface area contributed by atoms with Gasteiger partial charge in [0.15, 0.2) is 0 Å². The van der Waals surface area contributed by atoms with Gasteiger partial charge >= 0.3 is 0 Å². The smallest absolute Gasteiger partial charge is 0.299 e. The largest absolute Gasteiger partial charge is 0.508 e. The molecule has 0 aromatic heterocycles. The molecule has 2 aliphatic carbocycles. The molecule has 1 N–H and O–H groups in total. The Kier molecular flexibility index (Phi) is 6.27. The highest BCUT2D eigenvalue weighted by Crippen LogP contribution is 2.63. The second kappa shape index (κ2) is 9.50. The van der Waals surface area contributed by atoms with Crippen LogP contribution in [0.4, 0.5) is 0 Å². The molecule has 1 saturated heterocycles. The summed E-state index contributed by atoms with van der Waals surface area (Å²) >= 11 is 0. The van der Waals surface area contributed by atoms with Gasteiger partial charge in [-0.25, -0.2) is 0 Å². The van der Waals surface area contributed by atoms with Crippen LogP contribution < -0.4 is 4.74 Å². The maximum atomic E-state index is 13.8. The van der Waals surface area contributed by atoms with Crippen LogP contribution in [0.5, 0.6) is 11.5 Å². The topological polar surface area (TPSA) is 53.0 Å². The number of carbonyl (C=O) groups is 1. The van der Waals surface area contributed by atoms with Crippen molar-refractivity contribution in [2.24, 2.45) is 11.8 Å². The van der Waals surface area contributed by atoms with E-state index in [-0.39, 0.29) is 23.5 Å². The van der Waals surface area contributed by atoms with Crippen molar-refractivity contribution in [3.63, 3.8) is 0 Å². The number of hydrogen-bond acceptors (Lipinski definition) is 4. The number of amides is 1. The number of ether oxygens (including phenoxy) is 1. The number of piperidine rings is 1. The zero-order valence-corrected chi connectivity index (χ0v) is 22.7. The molecule has 2 fully saturated rings. The number of hydrogen-bond donors (Lipinski definition) is 1. The number of carbonyl (C=O) groups excluding carboxylic acids is 1. The van der Waals surface area contributed by atoms with Crippen molar-refractivity contribution in [3.8, 4) is 23.3 Å². The Morgan fingerprint density at radius 1 is 1.32 bits per heavy atom. The maximum absolute atomic E-state index is 13.8. The van der Waals surface area contributed by atoms with Gasteiger partial charge in [-0.1, -0.05) is 38.0 Å². The zero-order chi connectivity index (χ0) is 26.6. The Morgan fingerprint density at radius 2 is 2.16 bits per heavy atom. The highest BCUT2D eigenvalue weighted by molar-refractivity contribution is 5.94. The first kappa shape index (κ1) is 25.1. The number of benzene rings is 2. The minimum Gasteiger partial charge on any atom is -0.508 e. The lowest BCUT2D eigenvalue weighted by atomic mass is 9.51. The normalized spacial score (nSPS) is 28.6. The molecule has 4 aliphatic rings. The molecular formula is C33H38N2O3. The fourth-order valence-corrected chi connectivity index (χ4v) is 8.00. The van der Waals surface area contributed by atoms with E-state index in [1.54, 1.807) is 6.07 Å². The van der Waals surface area contributed by atoms with Crippen molar-refractivity contribution in [2.45, 2.75) is 70.1 Å². The number of nitrogens with zero attached hydrogens (tertiary/aromatic N) is 2. The SMILES string of the molecule is C=CCN1CC[C@@]23c4c5ccc(O)c4C[C@@H]1[C@@H]2CC[C@@H](N(CC(C)C)C(=O)C#Cc1cccc(C)c1)[C@@H]3O5. The first-order valence-corrected chi connectivity index (χ1v) is 14.1. The molecule has 2 aliphatic heterocycles. The Labute approximate surface area is 226 Å². The summed E-state index contributed by atoms with van der Waals surface area (Å²) in [6, 6.07) is 12.0. The Balaban J connectivity index is 1.40.